The Morgan fingerprint density at radius 2 is 2.13 bits per heavy atom. The molecular formula is C9H17N5O. The van der Waals surface area contributed by atoms with Gasteiger partial charge in [-0.05, 0) is 12.8 Å². The van der Waals surface area contributed by atoms with Gasteiger partial charge in [-0.2, -0.15) is 10.1 Å². The molecule has 0 aliphatic carbocycles. The third-order valence-electron chi connectivity index (χ3n) is 3.11. The molecule has 2 rings (SSSR count). The highest BCUT2D eigenvalue weighted by Gasteiger charge is 2.37. The van der Waals surface area contributed by atoms with E-state index in [1.807, 2.05) is 0 Å². The zero-order valence-corrected chi connectivity index (χ0v) is 8.94. The van der Waals surface area contributed by atoms with Crippen LogP contribution in [0.15, 0.2) is 0 Å². The highest BCUT2D eigenvalue weighted by atomic mass is 16.5. The number of aromatic nitrogens is 3. The van der Waals surface area contributed by atoms with Gasteiger partial charge in [-0.3, -0.25) is 0 Å². The molecule has 0 aromatic carbocycles. The summed E-state index contributed by atoms with van der Waals surface area (Å²) < 4.78 is 6.92. The second-order valence-electron chi connectivity index (χ2n) is 4.01. The second kappa shape index (κ2) is 3.79. The number of nitrogen functional groups attached to an aromatic ring is 1. The first-order valence-electron chi connectivity index (χ1n) is 5.13. The van der Waals surface area contributed by atoms with Crippen molar-refractivity contribution in [3.8, 4) is 0 Å². The fourth-order valence-corrected chi connectivity index (χ4v) is 1.90. The SMILES string of the molecule is Cn1nc(C2(CN)CCOCC2)nc1N. The summed E-state index contributed by atoms with van der Waals surface area (Å²) in [7, 11) is 1.79. The van der Waals surface area contributed by atoms with Crippen LogP contribution in [0.2, 0.25) is 0 Å². The minimum atomic E-state index is -0.145. The van der Waals surface area contributed by atoms with Crippen molar-refractivity contribution in [2.45, 2.75) is 18.3 Å². The van der Waals surface area contributed by atoms with Gasteiger partial charge in [0.2, 0.25) is 5.95 Å². The smallest absolute Gasteiger partial charge is 0.218 e. The molecule has 1 aromatic rings. The number of nitrogens with two attached hydrogens (primary N) is 2. The van der Waals surface area contributed by atoms with Gasteiger partial charge in [0.05, 0.1) is 0 Å². The topological polar surface area (TPSA) is 92.0 Å². The van der Waals surface area contributed by atoms with E-state index in [1.165, 1.54) is 0 Å². The number of ether oxygens (including phenoxy) is 1. The standard InChI is InChI=1S/C9H17N5O/c1-14-8(11)12-7(13-14)9(6-10)2-4-15-5-3-9/h2-6,10H2,1H3,(H2,11,12,13). The Morgan fingerprint density at radius 3 is 2.60 bits per heavy atom. The Balaban J connectivity index is 2.32. The van der Waals surface area contributed by atoms with Crippen LogP contribution in [0.4, 0.5) is 5.95 Å². The molecule has 84 valence electrons. The van der Waals surface area contributed by atoms with Crippen molar-refractivity contribution in [3.63, 3.8) is 0 Å². The molecule has 1 aromatic heterocycles. The summed E-state index contributed by atoms with van der Waals surface area (Å²) >= 11 is 0. The summed E-state index contributed by atoms with van der Waals surface area (Å²) in [6, 6.07) is 0. The van der Waals surface area contributed by atoms with Gasteiger partial charge in [0.25, 0.3) is 0 Å². The molecule has 1 aliphatic rings. The Bertz CT molecular complexity index is 323. The first kappa shape index (κ1) is 10.4. The highest BCUT2D eigenvalue weighted by Crippen LogP contribution is 2.31. The number of aryl methyl sites for hydroxylation is 1. The Kier molecular flexibility index (Phi) is 2.62. The zero-order valence-electron chi connectivity index (χ0n) is 8.94. The minimum absolute atomic E-state index is 0.145. The van der Waals surface area contributed by atoms with Crippen molar-refractivity contribution in [3.05, 3.63) is 5.82 Å². The number of hydrogen-bond acceptors (Lipinski definition) is 5. The maximum Gasteiger partial charge on any atom is 0.218 e. The molecule has 0 atom stereocenters. The van der Waals surface area contributed by atoms with Gasteiger partial charge in [-0.25, -0.2) is 4.68 Å². The molecule has 0 saturated carbocycles. The largest absolute Gasteiger partial charge is 0.381 e. The van der Waals surface area contributed by atoms with Gasteiger partial charge in [0.1, 0.15) is 0 Å². The molecule has 6 heteroatoms. The third-order valence-corrected chi connectivity index (χ3v) is 3.11. The van der Waals surface area contributed by atoms with Crippen LogP contribution in [0.1, 0.15) is 18.7 Å². The van der Waals surface area contributed by atoms with E-state index in [1.54, 1.807) is 11.7 Å². The second-order valence-corrected chi connectivity index (χ2v) is 4.01. The van der Waals surface area contributed by atoms with E-state index in [0.29, 0.717) is 12.5 Å². The van der Waals surface area contributed by atoms with Gasteiger partial charge in [-0.15, -0.1) is 0 Å². The summed E-state index contributed by atoms with van der Waals surface area (Å²) in [6.45, 7) is 1.98. The first-order valence-corrected chi connectivity index (χ1v) is 5.13. The molecule has 6 nitrogen and oxygen atoms in total. The molecule has 1 aliphatic heterocycles. The van der Waals surface area contributed by atoms with Crippen LogP contribution in [0.5, 0.6) is 0 Å². The quantitative estimate of drug-likeness (QED) is 0.681. The maximum atomic E-state index is 5.84. The number of anilines is 1. The molecule has 0 spiro atoms. The lowest BCUT2D eigenvalue weighted by Crippen LogP contribution is -2.41. The van der Waals surface area contributed by atoms with Crippen LogP contribution >= 0.6 is 0 Å². The third kappa shape index (κ3) is 1.70. The monoisotopic (exact) mass is 211 g/mol. The fraction of sp³-hybridized carbons (Fsp3) is 0.778. The van der Waals surface area contributed by atoms with E-state index in [9.17, 15) is 0 Å². The summed E-state index contributed by atoms with van der Waals surface area (Å²) in [5.41, 5.74) is 11.4. The van der Waals surface area contributed by atoms with Crippen LogP contribution in [0, 0.1) is 0 Å². The van der Waals surface area contributed by atoms with Crippen molar-refractivity contribution >= 4 is 5.95 Å². The molecule has 4 N–H and O–H groups in total. The van der Waals surface area contributed by atoms with E-state index in [0.717, 1.165) is 31.9 Å². The Hall–Kier alpha value is -1.14. The average Bonchev–Trinajstić information content (AvgIpc) is 2.61. The van der Waals surface area contributed by atoms with Crippen LogP contribution < -0.4 is 11.5 Å². The predicted molar refractivity (Wildman–Crippen MR) is 56.2 cm³/mol. The van der Waals surface area contributed by atoms with Crippen molar-refractivity contribution in [1.82, 2.24) is 14.8 Å². The number of nitrogens with zero attached hydrogens (tertiary/aromatic N) is 3. The Morgan fingerprint density at radius 1 is 1.47 bits per heavy atom. The lowest BCUT2D eigenvalue weighted by Gasteiger charge is -2.33. The van der Waals surface area contributed by atoms with Crippen LogP contribution in [0.25, 0.3) is 0 Å². The van der Waals surface area contributed by atoms with Crippen molar-refractivity contribution in [2.75, 3.05) is 25.5 Å². The maximum absolute atomic E-state index is 5.84. The lowest BCUT2D eigenvalue weighted by atomic mass is 9.79. The number of rotatable bonds is 2. The predicted octanol–water partition coefficient (Wildman–Crippen LogP) is -0.596. The van der Waals surface area contributed by atoms with E-state index >= 15 is 0 Å². The lowest BCUT2D eigenvalue weighted by molar-refractivity contribution is 0.0499. The van der Waals surface area contributed by atoms with Crippen molar-refractivity contribution in [1.29, 1.82) is 0 Å². The Labute approximate surface area is 88.6 Å². The highest BCUT2D eigenvalue weighted by molar-refractivity contribution is 5.21. The fourth-order valence-electron chi connectivity index (χ4n) is 1.90. The molecular weight excluding hydrogens is 194 g/mol. The zero-order chi connectivity index (χ0) is 10.9. The van der Waals surface area contributed by atoms with Crippen LogP contribution in [-0.2, 0) is 17.2 Å². The van der Waals surface area contributed by atoms with E-state index < -0.39 is 0 Å². The molecule has 0 amide bonds. The van der Waals surface area contributed by atoms with Crippen molar-refractivity contribution < 1.29 is 4.74 Å². The number of hydrogen-bond donors (Lipinski definition) is 2. The van der Waals surface area contributed by atoms with Gasteiger partial charge >= 0.3 is 0 Å². The molecule has 15 heavy (non-hydrogen) atoms. The molecule has 2 heterocycles. The van der Waals surface area contributed by atoms with E-state index in [-0.39, 0.29) is 5.41 Å². The van der Waals surface area contributed by atoms with Gasteiger partial charge < -0.3 is 16.2 Å². The average molecular weight is 211 g/mol. The summed E-state index contributed by atoms with van der Waals surface area (Å²) in [4.78, 5) is 4.27. The van der Waals surface area contributed by atoms with Crippen LogP contribution in [0.3, 0.4) is 0 Å². The van der Waals surface area contributed by atoms with Gasteiger partial charge in [0, 0.05) is 32.2 Å². The van der Waals surface area contributed by atoms with Gasteiger partial charge in [0.15, 0.2) is 5.82 Å². The first-order chi connectivity index (χ1) is 7.18. The molecule has 1 fully saturated rings. The van der Waals surface area contributed by atoms with Crippen molar-refractivity contribution in [2.24, 2.45) is 12.8 Å². The molecule has 0 radical (unpaired) electrons. The molecule has 0 unspecified atom stereocenters. The molecule has 0 bridgehead atoms. The van der Waals surface area contributed by atoms with Gasteiger partial charge in [-0.1, -0.05) is 0 Å². The normalized spacial score (nSPS) is 20.4. The van der Waals surface area contributed by atoms with Crippen LogP contribution in [-0.4, -0.2) is 34.5 Å². The minimum Gasteiger partial charge on any atom is -0.381 e. The summed E-state index contributed by atoms with van der Waals surface area (Å²) in [6.07, 6.45) is 1.74. The molecule has 1 saturated heterocycles. The van der Waals surface area contributed by atoms with E-state index in [2.05, 4.69) is 10.1 Å². The van der Waals surface area contributed by atoms with E-state index in [4.69, 9.17) is 16.2 Å². The summed E-state index contributed by atoms with van der Waals surface area (Å²) in [5, 5.41) is 4.32. The summed E-state index contributed by atoms with van der Waals surface area (Å²) in [5.74, 6) is 1.19.